The molecule has 5 nitrogen and oxygen atoms in total. The van der Waals surface area contributed by atoms with Gasteiger partial charge >= 0.3 is 11.6 Å². The smallest absolute Gasteiger partial charge is 0.336 e. The minimum absolute atomic E-state index is 0.175. The van der Waals surface area contributed by atoms with E-state index in [0.717, 1.165) is 23.8 Å². The van der Waals surface area contributed by atoms with Gasteiger partial charge in [-0.1, -0.05) is 33.6 Å². The quantitative estimate of drug-likeness (QED) is 0.519. The maximum atomic E-state index is 11.7. The summed E-state index contributed by atoms with van der Waals surface area (Å²) in [6, 6.07) is 8.40. The third kappa shape index (κ3) is 4.89. The van der Waals surface area contributed by atoms with Gasteiger partial charge in [0, 0.05) is 23.1 Å². The normalized spacial score (nSPS) is 22.2. The van der Waals surface area contributed by atoms with Gasteiger partial charge in [-0.2, -0.15) is 0 Å². The molecule has 0 aliphatic heterocycles. The molecule has 1 fully saturated rings. The van der Waals surface area contributed by atoms with E-state index in [1.807, 2.05) is 12.1 Å². The number of rotatable bonds is 6. The highest BCUT2D eigenvalue weighted by Crippen LogP contribution is 2.47. The molecule has 0 saturated heterocycles. The van der Waals surface area contributed by atoms with Crippen molar-refractivity contribution in [3.05, 3.63) is 51.9 Å². The molecular weight excluding hydrogens is 368 g/mol. The van der Waals surface area contributed by atoms with Crippen LogP contribution in [0.25, 0.3) is 11.0 Å². The Kier molecular flexibility index (Phi) is 6.15. The van der Waals surface area contributed by atoms with Gasteiger partial charge in [0.15, 0.2) is 0 Å². The van der Waals surface area contributed by atoms with Crippen LogP contribution >= 0.6 is 0 Å². The van der Waals surface area contributed by atoms with Crippen LogP contribution in [0.4, 0.5) is 0 Å². The molecule has 0 radical (unpaired) electrons. The van der Waals surface area contributed by atoms with Crippen molar-refractivity contribution in [2.24, 2.45) is 17.3 Å². The summed E-state index contributed by atoms with van der Waals surface area (Å²) in [6.45, 7) is 8.70. The maximum Gasteiger partial charge on any atom is 0.336 e. The van der Waals surface area contributed by atoms with Crippen LogP contribution in [0.2, 0.25) is 0 Å². The van der Waals surface area contributed by atoms with Crippen molar-refractivity contribution in [1.82, 2.24) is 0 Å². The van der Waals surface area contributed by atoms with Gasteiger partial charge in [-0.25, -0.2) is 9.59 Å². The number of carboxylic acids is 1. The zero-order valence-corrected chi connectivity index (χ0v) is 17.7. The van der Waals surface area contributed by atoms with Crippen molar-refractivity contribution < 1.29 is 19.1 Å². The van der Waals surface area contributed by atoms with Crippen molar-refractivity contribution in [3.63, 3.8) is 0 Å². The molecule has 2 atom stereocenters. The third-order valence-electron chi connectivity index (χ3n) is 6.50. The fourth-order valence-corrected chi connectivity index (χ4v) is 4.55. The summed E-state index contributed by atoms with van der Waals surface area (Å²) in [7, 11) is 0. The van der Waals surface area contributed by atoms with Gasteiger partial charge in [0.25, 0.3) is 0 Å². The summed E-state index contributed by atoms with van der Waals surface area (Å²) < 4.78 is 11.2. The summed E-state index contributed by atoms with van der Waals surface area (Å²) in [5.41, 5.74) is 1.39. The van der Waals surface area contributed by atoms with Gasteiger partial charge in [0.1, 0.15) is 17.9 Å². The zero-order chi connectivity index (χ0) is 21.2. The van der Waals surface area contributed by atoms with Gasteiger partial charge in [-0.15, -0.1) is 0 Å². The van der Waals surface area contributed by atoms with E-state index in [-0.39, 0.29) is 12.0 Å². The Bertz CT molecular complexity index is 982. The molecule has 29 heavy (non-hydrogen) atoms. The van der Waals surface area contributed by atoms with Gasteiger partial charge < -0.3 is 14.3 Å². The molecular formula is C24H30O5. The largest absolute Gasteiger partial charge is 0.489 e. The fourth-order valence-electron chi connectivity index (χ4n) is 4.55. The molecule has 1 aliphatic carbocycles. The van der Waals surface area contributed by atoms with Gasteiger partial charge in [-0.05, 0) is 60.8 Å². The van der Waals surface area contributed by atoms with Crippen LogP contribution in [0, 0.1) is 17.3 Å². The Labute approximate surface area is 171 Å². The van der Waals surface area contributed by atoms with E-state index in [1.54, 1.807) is 19.1 Å². The molecule has 1 aromatic heterocycles. The Morgan fingerprint density at radius 1 is 1.28 bits per heavy atom. The number of carbonyl (C=O) groups is 1. The average molecular weight is 398 g/mol. The number of benzene rings is 1. The lowest BCUT2D eigenvalue weighted by Gasteiger charge is -2.43. The van der Waals surface area contributed by atoms with Gasteiger partial charge in [0.2, 0.25) is 0 Å². The predicted molar refractivity (Wildman–Crippen MR) is 113 cm³/mol. The number of hydrogen-bond donors (Lipinski definition) is 1. The fraction of sp³-hybridized carbons (Fsp3) is 0.500. The summed E-state index contributed by atoms with van der Waals surface area (Å²) in [4.78, 5) is 23.1. The molecule has 2 aromatic rings. The minimum Gasteiger partial charge on any atom is -0.489 e. The lowest BCUT2D eigenvalue weighted by Crippen LogP contribution is -2.34. The minimum atomic E-state index is -0.908. The number of fused-ring (bicyclic) bond motifs is 1. The van der Waals surface area contributed by atoms with Crippen LogP contribution in [-0.4, -0.2) is 17.7 Å². The van der Waals surface area contributed by atoms with Crippen LogP contribution in [0.3, 0.4) is 0 Å². The Balaban J connectivity index is 1.82. The number of ether oxygens (including phenoxy) is 1. The second-order valence-corrected chi connectivity index (χ2v) is 8.95. The number of carboxylic acid groups (broad SMARTS) is 1. The van der Waals surface area contributed by atoms with E-state index >= 15 is 0 Å². The van der Waals surface area contributed by atoms with E-state index < -0.39 is 11.6 Å². The summed E-state index contributed by atoms with van der Waals surface area (Å²) in [6.07, 6.45) is 4.28. The molecule has 0 spiro atoms. The summed E-state index contributed by atoms with van der Waals surface area (Å²) >= 11 is 0. The SMILES string of the molecule is CC(C(=O)O)=C(COc1ccc2ccc(=O)oc2c1)CC1C(C)CCCC1(C)C. The number of hydrogen-bond acceptors (Lipinski definition) is 4. The third-order valence-corrected chi connectivity index (χ3v) is 6.50. The Morgan fingerprint density at radius 2 is 2.00 bits per heavy atom. The van der Waals surface area contributed by atoms with Crippen LogP contribution in [0.15, 0.2) is 50.7 Å². The van der Waals surface area contributed by atoms with Crippen LogP contribution < -0.4 is 10.4 Å². The molecule has 5 heteroatoms. The lowest BCUT2D eigenvalue weighted by atomic mass is 9.62. The molecule has 156 valence electrons. The first-order valence-corrected chi connectivity index (χ1v) is 10.3. The standard InChI is InChI=1S/C24H30O5/c1-15-6-5-11-24(3,4)20(15)12-18(16(2)23(26)27)14-28-19-9-7-17-8-10-22(25)29-21(17)13-19/h7-10,13,15,20H,5-6,11-12,14H2,1-4H3,(H,26,27). The number of aliphatic carboxylic acids is 1. The van der Waals surface area contributed by atoms with Crippen LogP contribution in [-0.2, 0) is 4.79 Å². The van der Waals surface area contributed by atoms with Crippen molar-refractivity contribution in [3.8, 4) is 5.75 Å². The molecule has 1 aliphatic rings. The molecule has 1 heterocycles. The Hall–Kier alpha value is -2.56. The molecule has 1 N–H and O–H groups in total. The lowest BCUT2D eigenvalue weighted by molar-refractivity contribution is -0.132. The van der Waals surface area contributed by atoms with Crippen molar-refractivity contribution >= 4 is 16.9 Å². The van der Waals surface area contributed by atoms with Gasteiger partial charge in [-0.3, -0.25) is 0 Å². The van der Waals surface area contributed by atoms with E-state index in [9.17, 15) is 14.7 Å². The maximum absolute atomic E-state index is 11.7. The molecule has 1 saturated carbocycles. The highest BCUT2D eigenvalue weighted by Gasteiger charge is 2.37. The Morgan fingerprint density at radius 3 is 2.69 bits per heavy atom. The molecule has 1 aromatic carbocycles. The van der Waals surface area contributed by atoms with E-state index in [1.165, 1.54) is 18.9 Å². The highest BCUT2D eigenvalue weighted by molar-refractivity contribution is 5.86. The first kappa shape index (κ1) is 21.2. The topological polar surface area (TPSA) is 76.7 Å². The predicted octanol–water partition coefficient (Wildman–Crippen LogP) is 5.43. The van der Waals surface area contributed by atoms with Crippen LogP contribution in [0.1, 0.15) is 53.4 Å². The zero-order valence-electron chi connectivity index (χ0n) is 17.7. The first-order chi connectivity index (χ1) is 13.7. The van der Waals surface area contributed by atoms with E-state index in [0.29, 0.717) is 28.7 Å². The molecule has 0 amide bonds. The van der Waals surface area contributed by atoms with Crippen molar-refractivity contribution in [2.45, 2.75) is 53.4 Å². The molecule has 3 rings (SSSR count). The summed E-state index contributed by atoms with van der Waals surface area (Å²) in [5, 5.41) is 10.4. The van der Waals surface area contributed by atoms with Crippen LogP contribution in [0.5, 0.6) is 5.75 Å². The summed E-state index contributed by atoms with van der Waals surface area (Å²) in [5.74, 6) is 0.608. The van der Waals surface area contributed by atoms with Crippen molar-refractivity contribution in [2.75, 3.05) is 6.61 Å². The average Bonchev–Trinajstić information content (AvgIpc) is 2.65. The monoisotopic (exact) mass is 398 g/mol. The van der Waals surface area contributed by atoms with E-state index in [4.69, 9.17) is 9.15 Å². The molecule has 2 unspecified atom stereocenters. The second-order valence-electron chi connectivity index (χ2n) is 8.95. The first-order valence-electron chi connectivity index (χ1n) is 10.3. The van der Waals surface area contributed by atoms with Crippen molar-refractivity contribution in [1.29, 1.82) is 0 Å². The molecule has 0 bridgehead atoms. The van der Waals surface area contributed by atoms with Gasteiger partial charge in [0.05, 0.1) is 0 Å². The highest BCUT2D eigenvalue weighted by atomic mass is 16.5. The van der Waals surface area contributed by atoms with E-state index in [2.05, 4.69) is 20.8 Å². The second kappa shape index (κ2) is 8.44.